The minimum atomic E-state index is -0.337. The fourth-order valence-electron chi connectivity index (χ4n) is 5.28. The number of hydrogen-bond donors (Lipinski definition) is 2. The van der Waals surface area contributed by atoms with Crippen LogP contribution in [0, 0.1) is 0 Å². The van der Waals surface area contributed by atoms with Gasteiger partial charge in [-0.3, -0.25) is 4.90 Å². The summed E-state index contributed by atoms with van der Waals surface area (Å²) in [6.45, 7) is 9.45. The maximum Gasteiger partial charge on any atom is 0.315 e. The molecule has 0 aromatic heterocycles. The van der Waals surface area contributed by atoms with E-state index in [1.165, 1.54) is 0 Å². The number of likely N-dealkylation sites (tertiary alicyclic amines) is 1. The number of hydrogen-bond acceptors (Lipinski definition) is 5. The molecule has 1 aliphatic heterocycles. The predicted molar refractivity (Wildman–Crippen MR) is 162 cm³/mol. The van der Waals surface area contributed by atoms with Gasteiger partial charge in [0, 0.05) is 19.1 Å². The number of carbonyl (C=O) groups excluding carboxylic acids is 1. The van der Waals surface area contributed by atoms with Crippen LogP contribution < -0.4 is 10.6 Å². The van der Waals surface area contributed by atoms with Crippen LogP contribution in [0.4, 0.5) is 4.79 Å². The van der Waals surface area contributed by atoms with E-state index in [0.717, 1.165) is 29.7 Å². The normalized spacial score (nSPS) is 21.1. The van der Waals surface area contributed by atoms with Gasteiger partial charge in [0.05, 0.1) is 32.0 Å². The third-order valence-corrected chi connectivity index (χ3v) is 7.23. The molecular formula is C34H45N3O4. The van der Waals surface area contributed by atoms with Gasteiger partial charge in [-0.1, -0.05) is 97.9 Å². The van der Waals surface area contributed by atoms with Gasteiger partial charge in [-0.05, 0) is 43.5 Å². The summed E-state index contributed by atoms with van der Waals surface area (Å²) in [5.41, 5.74) is 3.30. The van der Waals surface area contributed by atoms with E-state index in [2.05, 4.69) is 58.9 Å². The number of nitrogens with zero attached hydrogens (tertiary/aromatic N) is 1. The minimum absolute atomic E-state index is 0.0518. The van der Waals surface area contributed by atoms with E-state index in [4.69, 9.17) is 14.2 Å². The van der Waals surface area contributed by atoms with Crippen molar-refractivity contribution in [1.29, 1.82) is 0 Å². The minimum Gasteiger partial charge on any atom is -0.369 e. The molecule has 0 saturated carbocycles. The average molecular weight is 560 g/mol. The van der Waals surface area contributed by atoms with Crippen LogP contribution in [0.1, 0.15) is 43.9 Å². The number of rotatable bonds is 14. The maximum atomic E-state index is 12.6. The Balaban J connectivity index is 1.61. The summed E-state index contributed by atoms with van der Waals surface area (Å²) >= 11 is 0. The Hall–Kier alpha value is -3.23. The molecule has 2 amide bonds. The van der Waals surface area contributed by atoms with Crippen LogP contribution >= 0.6 is 0 Å². The highest BCUT2D eigenvalue weighted by atomic mass is 16.6. The molecule has 0 bridgehead atoms. The molecule has 0 radical (unpaired) electrons. The first-order chi connectivity index (χ1) is 20.0. The van der Waals surface area contributed by atoms with Crippen LogP contribution in [0.15, 0.2) is 91.0 Å². The molecule has 1 saturated heterocycles. The molecule has 1 heterocycles. The van der Waals surface area contributed by atoms with Gasteiger partial charge < -0.3 is 24.8 Å². The summed E-state index contributed by atoms with van der Waals surface area (Å²) in [4.78, 5) is 15.0. The van der Waals surface area contributed by atoms with E-state index < -0.39 is 0 Å². The van der Waals surface area contributed by atoms with Crippen molar-refractivity contribution in [1.82, 2.24) is 15.5 Å². The number of benzene rings is 3. The number of nitrogens with one attached hydrogen (secondary N) is 2. The van der Waals surface area contributed by atoms with Crippen molar-refractivity contribution in [2.75, 3.05) is 19.6 Å². The van der Waals surface area contributed by atoms with Crippen molar-refractivity contribution in [3.63, 3.8) is 0 Å². The summed E-state index contributed by atoms with van der Waals surface area (Å²) < 4.78 is 20.0. The molecule has 3 aromatic rings. The van der Waals surface area contributed by atoms with Crippen molar-refractivity contribution in [3.05, 3.63) is 108 Å². The quantitative estimate of drug-likeness (QED) is 0.271. The molecule has 220 valence electrons. The van der Waals surface area contributed by atoms with E-state index in [-0.39, 0.29) is 36.4 Å². The molecule has 4 atom stereocenters. The Kier molecular flexibility index (Phi) is 12.2. The van der Waals surface area contributed by atoms with Crippen molar-refractivity contribution in [3.8, 4) is 0 Å². The van der Waals surface area contributed by atoms with E-state index in [1.807, 2.05) is 68.4 Å². The third kappa shape index (κ3) is 9.68. The monoisotopic (exact) mass is 559 g/mol. The second kappa shape index (κ2) is 16.3. The topological polar surface area (TPSA) is 72.1 Å². The highest BCUT2D eigenvalue weighted by Gasteiger charge is 2.45. The molecule has 1 fully saturated rings. The molecule has 2 N–H and O–H groups in total. The number of ether oxygens (including phenoxy) is 3. The Morgan fingerprint density at radius 1 is 0.780 bits per heavy atom. The van der Waals surface area contributed by atoms with Crippen LogP contribution in [0.2, 0.25) is 0 Å². The van der Waals surface area contributed by atoms with Crippen LogP contribution in [-0.2, 0) is 34.0 Å². The van der Waals surface area contributed by atoms with Gasteiger partial charge in [-0.15, -0.1) is 0 Å². The molecule has 0 aliphatic carbocycles. The molecule has 41 heavy (non-hydrogen) atoms. The third-order valence-electron chi connectivity index (χ3n) is 7.23. The molecule has 7 nitrogen and oxygen atoms in total. The zero-order valence-corrected chi connectivity index (χ0v) is 24.6. The van der Waals surface area contributed by atoms with E-state index in [9.17, 15) is 4.79 Å². The lowest BCUT2D eigenvalue weighted by Crippen LogP contribution is -2.66. The van der Waals surface area contributed by atoms with Crippen LogP contribution in [0.3, 0.4) is 0 Å². The largest absolute Gasteiger partial charge is 0.369 e. The first kappa shape index (κ1) is 30.7. The van der Waals surface area contributed by atoms with Crippen LogP contribution in [0.5, 0.6) is 0 Å². The van der Waals surface area contributed by atoms with Crippen molar-refractivity contribution in [2.24, 2.45) is 0 Å². The number of piperidine rings is 1. The summed E-state index contributed by atoms with van der Waals surface area (Å²) in [6, 6.07) is 30.4. The summed E-state index contributed by atoms with van der Waals surface area (Å²) in [5, 5.41) is 6.04. The van der Waals surface area contributed by atoms with Crippen LogP contribution in [-0.4, -0.2) is 61.0 Å². The van der Waals surface area contributed by atoms with Gasteiger partial charge in [-0.2, -0.15) is 0 Å². The Bertz CT molecular complexity index is 1150. The fourth-order valence-corrected chi connectivity index (χ4v) is 5.28. The standard InChI is InChI=1S/C34H45N3O4/c1-4-20-37-22-31(39-23-27-14-8-5-9-15-27)33(41-25-29-18-12-7-13-19-29)32(40-24-28-16-10-6-11-17-28)30(37)21-35-34(38)36-26(2)3/h5-19,26,30-33H,4,20-25H2,1-3H3,(H2,35,36,38)/t30-,31+,32-,33+/m1/s1. The molecule has 7 heteroatoms. The Morgan fingerprint density at radius 3 is 1.76 bits per heavy atom. The Labute approximate surface area is 245 Å². The predicted octanol–water partition coefficient (Wildman–Crippen LogP) is 5.54. The summed E-state index contributed by atoms with van der Waals surface area (Å²) in [6.07, 6.45) is 0.0862. The highest BCUT2D eigenvalue weighted by Crippen LogP contribution is 2.29. The van der Waals surface area contributed by atoms with Gasteiger partial charge in [0.1, 0.15) is 12.2 Å². The van der Waals surface area contributed by atoms with Crippen molar-refractivity contribution in [2.45, 2.75) is 77.4 Å². The molecule has 4 rings (SSSR count). The molecule has 3 aromatic carbocycles. The number of carbonyl (C=O) groups is 1. The van der Waals surface area contributed by atoms with Gasteiger partial charge in [0.15, 0.2) is 0 Å². The molecule has 0 spiro atoms. The fraction of sp³-hybridized carbons (Fsp3) is 0.441. The van der Waals surface area contributed by atoms with Crippen molar-refractivity contribution >= 4 is 6.03 Å². The smallest absolute Gasteiger partial charge is 0.315 e. The Morgan fingerprint density at radius 2 is 1.27 bits per heavy atom. The lowest BCUT2D eigenvalue weighted by atomic mass is 9.92. The van der Waals surface area contributed by atoms with Crippen LogP contribution in [0.25, 0.3) is 0 Å². The molecular weight excluding hydrogens is 514 g/mol. The number of urea groups is 1. The second-order valence-electron chi connectivity index (χ2n) is 10.9. The zero-order valence-electron chi connectivity index (χ0n) is 24.6. The lowest BCUT2D eigenvalue weighted by Gasteiger charge is -2.48. The maximum absolute atomic E-state index is 12.6. The van der Waals surface area contributed by atoms with Gasteiger partial charge in [0.25, 0.3) is 0 Å². The highest BCUT2D eigenvalue weighted by molar-refractivity contribution is 5.74. The average Bonchev–Trinajstić information content (AvgIpc) is 2.99. The first-order valence-electron chi connectivity index (χ1n) is 14.8. The molecule has 0 unspecified atom stereocenters. The molecule has 1 aliphatic rings. The van der Waals surface area contributed by atoms with Crippen molar-refractivity contribution < 1.29 is 19.0 Å². The lowest BCUT2D eigenvalue weighted by molar-refractivity contribution is -0.202. The summed E-state index contributed by atoms with van der Waals surface area (Å²) in [5.74, 6) is 0. The zero-order chi connectivity index (χ0) is 28.9. The van der Waals surface area contributed by atoms with Gasteiger partial charge in [0.2, 0.25) is 0 Å². The second-order valence-corrected chi connectivity index (χ2v) is 10.9. The SMILES string of the molecule is CCCN1C[C@H](OCc2ccccc2)[C@H](OCc2ccccc2)[C@H](OCc2ccccc2)[C@H]1CNC(=O)NC(C)C. The summed E-state index contributed by atoms with van der Waals surface area (Å²) in [7, 11) is 0. The van der Waals surface area contributed by atoms with Gasteiger partial charge in [-0.25, -0.2) is 4.79 Å². The van der Waals surface area contributed by atoms with Gasteiger partial charge >= 0.3 is 6.03 Å². The number of amides is 2. The van der Waals surface area contributed by atoms with E-state index in [0.29, 0.717) is 32.9 Å². The van der Waals surface area contributed by atoms with E-state index in [1.54, 1.807) is 0 Å². The first-order valence-corrected chi connectivity index (χ1v) is 14.8. The van der Waals surface area contributed by atoms with E-state index >= 15 is 0 Å².